The van der Waals surface area contributed by atoms with Crippen LogP contribution in [0.25, 0.3) is 0 Å². The second-order valence-electron chi connectivity index (χ2n) is 6.12. The molecule has 3 rings (SSSR count). The molecule has 0 fully saturated rings. The Morgan fingerprint density at radius 3 is 2.80 bits per heavy atom. The zero-order valence-corrected chi connectivity index (χ0v) is 14.7. The van der Waals surface area contributed by atoms with E-state index in [9.17, 15) is 4.79 Å². The van der Waals surface area contributed by atoms with Crippen LogP contribution in [0.5, 0.6) is 0 Å². The first-order chi connectivity index (χ1) is 12.1. The topological polar surface area (TPSA) is 91.0 Å². The minimum absolute atomic E-state index is 0.250. The Balaban J connectivity index is 1.66. The van der Waals surface area contributed by atoms with Gasteiger partial charge in [0.05, 0.1) is 0 Å². The van der Waals surface area contributed by atoms with Crippen molar-refractivity contribution in [2.75, 3.05) is 25.6 Å². The van der Waals surface area contributed by atoms with E-state index in [0.29, 0.717) is 19.0 Å². The monoisotopic (exact) mass is 342 g/mol. The Morgan fingerprint density at radius 2 is 2.04 bits per heavy atom. The van der Waals surface area contributed by atoms with Crippen LogP contribution >= 0.6 is 0 Å². The highest BCUT2D eigenvalue weighted by atomic mass is 16.5. The van der Waals surface area contributed by atoms with Crippen LogP contribution in [0, 0.1) is 13.8 Å². The van der Waals surface area contributed by atoms with Crippen LogP contribution in [0.4, 0.5) is 5.69 Å². The van der Waals surface area contributed by atoms with Gasteiger partial charge < -0.3 is 10.1 Å². The van der Waals surface area contributed by atoms with Crippen LogP contribution < -0.4 is 5.32 Å². The van der Waals surface area contributed by atoms with Crippen molar-refractivity contribution in [3.8, 4) is 0 Å². The van der Waals surface area contributed by atoms with Crippen molar-refractivity contribution in [2.24, 2.45) is 20.3 Å². The van der Waals surface area contributed by atoms with Gasteiger partial charge >= 0.3 is 0 Å². The largest absolute Gasteiger partial charge is 0.385 e. The lowest BCUT2D eigenvalue weighted by atomic mass is 10.1. The second kappa shape index (κ2) is 7.52. The van der Waals surface area contributed by atoms with E-state index in [-0.39, 0.29) is 11.9 Å². The molecule has 132 valence electrons. The standard InChI is InChI=1S/C17H22N6O2/c1-11-6-7-13(10-12(11)2)18-17-19-15-14(16(24)20-17)23(22-21-15)8-4-5-9-25-3/h6-7,10,14H,4-5,8-9H2,1-3H3,(H,18,20,24). The van der Waals surface area contributed by atoms with Gasteiger partial charge in [-0.15, -0.1) is 5.11 Å². The minimum atomic E-state index is -0.604. The van der Waals surface area contributed by atoms with Gasteiger partial charge in [-0.3, -0.25) is 9.80 Å². The molecule has 1 aromatic carbocycles. The molecule has 0 aliphatic carbocycles. The van der Waals surface area contributed by atoms with Gasteiger partial charge in [0, 0.05) is 25.9 Å². The van der Waals surface area contributed by atoms with Gasteiger partial charge in [-0.1, -0.05) is 11.3 Å². The fourth-order valence-electron chi connectivity index (χ4n) is 2.66. The van der Waals surface area contributed by atoms with Crippen LogP contribution in [0.15, 0.2) is 38.5 Å². The number of unbranched alkanes of at least 4 members (excludes halogenated alkanes) is 1. The van der Waals surface area contributed by atoms with Crippen LogP contribution in [0.2, 0.25) is 0 Å². The zero-order valence-electron chi connectivity index (χ0n) is 14.7. The van der Waals surface area contributed by atoms with Crippen LogP contribution in [-0.4, -0.2) is 49.0 Å². The van der Waals surface area contributed by atoms with Gasteiger partial charge in [0.25, 0.3) is 5.91 Å². The Morgan fingerprint density at radius 1 is 1.20 bits per heavy atom. The van der Waals surface area contributed by atoms with Crippen LogP contribution in [0.1, 0.15) is 24.0 Å². The number of fused-ring (bicyclic) bond motifs is 1. The number of amidine groups is 1. The van der Waals surface area contributed by atoms with Crippen molar-refractivity contribution in [1.82, 2.24) is 5.01 Å². The molecular formula is C17H22N6O2. The molecule has 0 saturated heterocycles. The number of nitrogens with one attached hydrogen (secondary N) is 1. The molecule has 0 bridgehead atoms. The maximum atomic E-state index is 12.4. The molecule has 1 N–H and O–H groups in total. The summed E-state index contributed by atoms with van der Waals surface area (Å²) in [6.45, 7) is 5.39. The Labute approximate surface area is 146 Å². The first kappa shape index (κ1) is 17.2. The van der Waals surface area contributed by atoms with E-state index in [4.69, 9.17) is 4.74 Å². The molecule has 8 nitrogen and oxygen atoms in total. The highest BCUT2D eigenvalue weighted by Crippen LogP contribution is 2.20. The summed E-state index contributed by atoms with van der Waals surface area (Å²) in [4.78, 5) is 20.8. The highest BCUT2D eigenvalue weighted by Gasteiger charge is 2.38. The van der Waals surface area contributed by atoms with Crippen molar-refractivity contribution in [1.29, 1.82) is 0 Å². The lowest BCUT2D eigenvalue weighted by molar-refractivity contribution is -0.120. The van der Waals surface area contributed by atoms with Gasteiger partial charge in [0.1, 0.15) is 0 Å². The predicted octanol–water partition coefficient (Wildman–Crippen LogP) is 2.49. The third-order valence-corrected chi connectivity index (χ3v) is 4.22. The Bertz CT molecular complexity index is 756. The summed E-state index contributed by atoms with van der Waals surface area (Å²) >= 11 is 0. The summed E-state index contributed by atoms with van der Waals surface area (Å²) in [5.74, 6) is 0.339. The van der Waals surface area contributed by atoms with E-state index in [2.05, 4.69) is 25.6 Å². The maximum absolute atomic E-state index is 12.4. The number of hydrogen-bond acceptors (Lipinski definition) is 7. The average Bonchev–Trinajstić information content (AvgIpc) is 2.99. The fraction of sp³-hybridized carbons (Fsp3) is 0.471. The van der Waals surface area contributed by atoms with Crippen molar-refractivity contribution >= 4 is 23.4 Å². The Kier molecular flexibility index (Phi) is 5.18. The molecule has 1 amide bonds. The number of benzene rings is 1. The normalized spacial score (nSPS) is 18.9. The van der Waals surface area contributed by atoms with Crippen LogP contribution in [0.3, 0.4) is 0 Å². The number of guanidine groups is 1. The number of carbonyl (C=O) groups excluding carboxylic acids is 1. The number of nitrogens with zero attached hydrogens (tertiary/aromatic N) is 5. The molecule has 0 aromatic heterocycles. The SMILES string of the molecule is COCCCCN1N=NC2=NC(Nc3ccc(C)c(C)c3)=NC(=O)C21. The van der Waals surface area contributed by atoms with Crippen molar-refractivity contribution in [3.63, 3.8) is 0 Å². The number of hydrogen-bond donors (Lipinski definition) is 1. The Hall–Kier alpha value is -2.61. The molecule has 0 saturated carbocycles. The molecule has 1 atom stereocenters. The number of carbonyl (C=O) groups is 1. The lowest BCUT2D eigenvalue weighted by Gasteiger charge is -2.21. The van der Waals surface area contributed by atoms with Gasteiger partial charge in [-0.2, -0.15) is 9.98 Å². The minimum Gasteiger partial charge on any atom is -0.385 e. The summed E-state index contributed by atoms with van der Waals surface area (Å²) in [7, 11) is 1.67. The number of anilines is 1. The van der Waals surface area contributed by atoms with E-state index in [1.54, 1.807) is 12.1 Å². The van der Waals surface area contributed by atoms with Gasteiger partial charge in [-0.25, -0.2) is 0 Å². The number of aryl methyl sites for hydroxylation is 2. The summed E-state index contributed by atoms with van der Waals surface area (Å²) in [5.41, 5.74) is 3.19. The number of amides is 1. The summed E-state index contributed by atoms with van der Waals surface area (Å²) in [5, 5.41) is 12.8. The average molecular weight is 342 g/mol. The highest BCUT2D eigenvalue weighted by molar-refractivity contribution is 6.20. The van der Waals surface area contributed by atoms with E-state index in [1.165, 1.54) is 5.56 Å². The third kappa shape index (κ3) is 3.90. The number of aliphatic imine (C=N–C) groups is 2. The molecule has 2 heterocycles. The smallest absolute Gasteiger partial charge is 0.281 e. The quantitative estimate of drug-likeness (QED) is 0.804. The molecule has 25 heavy (non-hydrogen) atoms. The van der Waals surface area contributed by atoms with Crippen LogP contribution in [-0.2, 0) is 9.53 Å². The predicted molar refractivity (Wildman–Crippen MR) is 95.9 cm³/mol. The number of methoxy groups -OCH3 is 1. The molecule has 8 heteroatoms. The molecule has 2 aliphatic heterocycles. The fourth-order valence-corrected chi connectivity index (χ4v) is 2.66. The molecule has 0 radical (unpaired) electrons. The first-order valence-electron chi connectivity index (χ1n) is 8.31. The van der Waals surface area contributed by atoms with E-state index in [0.717, 1.165) is 24.1 Å². The van der Waals surface area contributed by atoms with Gasteiger partial charge in [0.15, 0.2) is 11.9 Å². The van der Waals surface area contributed by atoms with E-state index < -0.39 is 6.04 Å². The molecular weight excluding hydrogens is 320 g/mol. The lowest BCUT2D eigenvalue weighted by Crippen LogP contribution is -2.42. The van der Waals surface area contributed by atoms with Crippen molar-refractivity contribution < 1.29 is 9.53 Å². The van der Waals surface area contributed by atoms with Gasteiger partial charge in [0.2, 0.25) is 5.96 Å². The number of ether oxygens (including phenoxy) is 1. The van der Waals surface area contributed by atoms with Crippen molar-refractivity contribution in [2.45, 2.75) is 32.7 Å². The molecule has 2 aliphatic rings. The van der Waals surface area contributed by atoms with E-state index >= 15 is 0 Å². The molecule has 1 unspecified atom stereocenters. The first-order valence-corrected chi connectivity index (χ1v) is 8.31. The zero-order chi connectivity index (χ0) is 17.8. The van der Waals surface area contributed by atoms with E-state index in [1.807, 2.05) is 32.0 Å². The summed E-state index contributed by atoms with van der Waals surface area (Å²) in [6, 6.07) is 5.33. The van der Waals surface area contributed by atoms with Gasteiger partial charge in [-0.05, 0) is 49.9 Å². The maximum Gasteiger partial charge on any atom is 0.281 e. The molecule has 1 aromatic rings. The summed E-state index contributed by atoms with van der Waals surface area (Å²) < 4.78 is 5.03. The number of rotatable bonds is 6. The molecule has 0 spiro atoms. The third-order valence-electron chi connectivity index (χ3n) is 4.22. The van der Waals surface area contributed by atoms with Crippen molar-refractivity contribution in [3.05, 3.63) is 29.3 Å². The summed E-state index contributed by atoms with van der Waals surface area (Å²) in [6.07, 6.45) is 1.76. The second-order valence-corrected chi connectivity index (χ2v) is 6.12.